The van der Waals surface area contributed by atoms with Gasteiger partial charge in [0.1, 0.15) is 17.3 Å². The van der Waals surface area contributed by atoms with E-state index in [1.54, 1.807) is 81.1 Å². The number of benzene rings is 2. The van der Waals surface area contributed by atoms with Crippen LogP contribution in [-0.2, 0) is 16.1 Å². The van der Waals surface area contributed by atoms with Crippen LogP contribution in [0.15, 0.2) is 78.5 Å². The first-order valence-electron chi connectivity index (χ1n) is 10.00. The number of aliphatic hydroxyl groups excluding tert-OH is 1. The van der Waals surface area contributed by atoms with Crippen LogP contribution in [-0.4, -0.2) is 40.9 Å². The van der Waals surface area contributed by atoms with E-state index in [0.29, 0.717) is 28.3 Å². The number of ketones is 1. The summed E-state index contributed by atoms with van der Waals surface area (Å²) in [5, 5.41) is 11.1. The molecule has 1 aliphatic heterocycles. The van der Waals surface area contributed by atoms with E-state index in [2.05, 4.69) is 4.98 Å². The molecule has 1 amide bonds. The molecule has 0 radical (unpaired) electrons. The lowest BCUT2D eigenvalue weighted by Crippen LogP contribution is -2.29. The highest BCUT2D eigenvalue weighted by Crippen LogP contribution is 2.41. The van der Waals surface area contributed by atoms with Crippen LogP contribution in [0.2, 0.25) is 0 Å². The minimum atomic E-state index is -0.797. The summed E-state index contributed by atoms with van der Waals surface area (Å²) in [7, 11) is 3.09. The van der Waals surface area contributed by atoms with Crippen LogP contribution in [0.1, 0.15) is 22.9 Å². The Labute approximate surface area is 185 Å². The number of aliphatic hydroxyl groups is 1. The van der Waals surface area contributed by atoms with Crippen LogP contribution in [0.25, 0.3) is 5.76 Å². The van der Waals surface area contributed by atoms with Crippen molar-refractivity contribution in [3.05, 3.63) is 95.3 Å². The van der Waals surface area contributed by atoms with Crippen molar-refractivity contribution < 1.29 is 24.2 Å². The van der Waals surface area contributed by atoms with Gasteiger partial charge in [0.25, 0.3) is 11.7 Å². The van der Waals surface area contributed by atoms with Gasteiger partial charge in [-0.3, -0.25) is 14.6 Å². The molecular formula is C25H22N2O5. The van der Waals surface area contributed by atoms with E-state index < -0.39 is 17.7 Å². The van der Waals surface area contributed by atoms with Gasteiger partial charge in [-0.2, -0.15) is 0 Å². The monoisotopic (exact) mass is 430 g/mol. The molecule has 1 fully saturated rings. The third kappa shape index (κ3) is 3.92. The lowest BCUT2D eigenvalue weighted by molar-refractivity contribution is -0.140. The maximum absolute atomic E-state index is 13.1. The molecule has 1 N–H and O–H groups in total. The van der Waals surface area contributed by atoms with E-state index in [-0.39, 0.29) is 17.9 Å². The largest absolute Gasteiger partial charge is 0.507 e. The Balaban J connectivity index is 1.85. The summed E-state index contributed by atoms with van der Waals surface area (Å²) in [6.07, 6.45) is 1.63. The summed E-state index contributed by atoms with van der Waals surface area (Å²) in [6.45, 7) is 0.118. The number of hydrogen-bond acceptors (Lipinski definition) is 6. The van der Waals surface area contributed by atoms with E-state index in [1.807, 2.05) is 6.07 Å². The molecule has 1 saturated heterocycles. The average Bonchev–Trinajstić information content (AvgIpc) is 3.09. The third-order valence-corrected chi connectivity index (χ3v) is 5.37. The van der Waals surface area contributed by atoms with Gasteiger partial charge in [0, 0.05) is 11.8 Å². The van der Waals surface area contributed by atoms with Crippen molar-refractivity contribution in [3.63, 3.8) is 0 Å². The number of likely N-dealkylation sites (tertiary alicyclic amines) is 1. The first-order chi connectivity index (χ1) is 15.5. The number of Topliss-reactive ketones (excluding diaryl/α,β-unsaturated/α-hetero) is 1. The van der Waals surface area contributed by atoms with Crippen LogP contribution >= 0.6 is 0 Å². The molecule has 7 heteroatoms. The van der Waals surface area contributed by atoms with Gasteiger partial charge in [0.2, 0.25) is 0 Å². The van der Waals surface area contributed by atoms with Crippen molar-refractivity contribution >= 4 is 17.4 Å². The Hall–Kier alpha value is -4.13. The van der Waals surface area contributed by atoms with Crippen molar-refractivity contribution in [3.8, 4) is 11.5 Å². The van der Waals surface area contributed by atoms with Crippen molar-refractivity contribution in [1.29, 1.82) is 0 Å². The molecule has 0 saturated carbocycles. The Kier molecular flexibility index (Phi) is 5.89. The van der Waals surface area contributed by atoms with Gasteiger partial charge in [-0.15, -0.1) is 0 Å². The average molecular weight is 430 g/mol. The van der Waals surface area contributed by atoms with Gasteiger partial charge in [-0.05, 0) is 54.1 Å². The second kappa shape index (κ2) is 8.93. The summed E-state index contributed by atoms with van der Waals surface area (Å²) in [5.41, 5.74) is 1.71. The van der Waals surface area contributed by atoms with Crippen molar-refractivity contribution in [2.45, 2.75) is 12.6 Å². The summed E-state index contributed by atoms with van der Waals surface area (Å²) in [5.74, 6) is -0.500. The lowest BCUT2D eigenvalue weighted by Gasteiger charge is -2.25. The molecular weight excluding hydrogens is 408 g/mol. The molecule has 2 aromatic carbocycles. The standard InChI is InChI=1S/C25H22N2O5/c1-31-19-11-9-16(10-12-19)23(28)21-22(17-6-5-8-20(14-17)32-2)27(25(30)24(21)29)15-18-7-3-4-13-26-18/h3-14,22,28H,15H2,1-2H3/b23-21-. The molecule has 1 aliphatic rings. The molecule has 4 rings (SSSR count). The normalized spacial score (nSPS) is 17.4. The van der Waals surface area contributed by atoms with Gasteiger partial charge in [-0.1, -0.05) is 18.2 Å². The number of hydrogen-bond donors (Lipinski definition) is 1. The van der Waals surface area contributed by atoms with E-state index in [0.717, 1.165) is 0 Å². The van der Waals surface area contributed by atoms with Crippen LogP contribution in [0.3, 0.4) is 0 Å². The van der Waals surface area contributed by atoms with Gasteiger partial charge < -0.3 is 19.5 Å². The zero-order valence-corrected chi connectivity index (χ0v) is 17.7. The first-order valence-corrected chi connectivity index (χ1v) is 10.00. The summed E-state index contributed by atoms with van der Waals surface area (Å²) in [6, 6.07) is 18.3. The zero-order valence-electron chi connectivity index (χ0n) is 17.7. The fraction of sp³-hybridized carbons (Fsp3) is 0.160. The molecule has 3 aromatic rings. The Morgan fingerprint density at radius 1 is 0.969 bits per heavy atom. The maximum Gasteiger partial charge on any atom is 0.296 e. The van der Waals surface area contributed by atoms with Gasteiger partial charge in [0.05, 0.1) is 38.1 Å². The quantitative estimate of drug-likeness (QED) is 0.364. The fourth-order valence-electron chi connectivity index (χ4n) is 3.77. The summed E-state index contributed by atoms with van der Waals surface area (Å²) in [4.78, 5) is 31.9. The number of rotatable bonds is 6. The number of aromatic nitrogens is 1. The molecule has 0 spiro atoms. The van der Waals surface area contributed by atoms with E-state index in [9.17, 15) is 14.7 Å². The Bertz CT molecular complexity index is 1170. The number of carbonyl (C=O) groups excluding carboxylic acids is 2. The van der Waals surface area contributed by atoms with Crippen LogP contribution in [0.4, 0.5) is 0 Å². The molecule has 1 unspecified atom stereocenters. The predicted octanol–water partition coefficient (Wildman–Crippen LogP) is 3.72. The van der Waals surface area contributed by atoms with Gasteiger partial charge in [0.15, 0.2) is 0 Å². The number of pyridine rings is 1. The van der Waals surface area contributed by atoms with Gasteiger partial charge in [-0.25, -0.2) is 0 Å². The second-order valence-electron chi connectivity index (χ2n) is 7.25. The summed E-state index contributed by atoms with van der Waals surface area (Å²) < 4.78 is 10.5. The topological polar surface area (TPSA) is 89.0 Å². The highest BCUT2D eigenvalue weighted by molar-refractivity contribution is 6.46. The molecule has 32 heavy (non-hydrogen) atoms. The first kappa shape index (κ1) is 21.1. The van der Waals surface area contributed by atoms with Crippen molar-refractivity contribution in [1.82, 2.24) is 9.88 Å². The third-order valence-electron chi connectivity index (χ3n) is 5.37. The number of amides is 1. The van der Waals surface area contributed by atoms with Crippen LogP contribution in [0, 0.1) is 0 Å². The highest BCUT2D eigenvalue weighted by atomic mass is 16.5. The highest BCUT2D eigenvalue weighted by Gasteiger charge is 2.46. The zero-order chi connectivity index (χ0) is 22.7. The molecule has 2 heterocycles. The maximum atomic E-state index is 13.1. The minimum Gasteiger partial charge on any atom is -0.507 e. The molecule has 0 bridgehead atoms. The Morgan fingerprint density at radius 3 is 2.38 bits per heavy atom. The SMILES string of the molecule is COc1ccc(/C(O)=C2/C(=O)C(=O)N(Cc3ccccn3)C2c2cccc(OC)c2)cc1. The molecule has 1 atom stereocenters. The lowest BCUT2D eigenvalue weighted by atomic mass is 9.95. The number of ether oxygens (including phenoxy) is 2. The number of methoxy groups -OCH3 is 2. The molecule has 1 aromatic heterocycles. The van der Waals surface area contributed by atoms with E-state index >= 15 is 0 Å². The number of nitrogens with zero attached hydrogens (tertiary/aromatic N) is 2. The van der Waals surface area contributed by atoms with E-state index in [4.69, 9.17) is 9.47 Å². The summed E-state index contributed by atoms with van der Waals surface area (Å²) >= 11 is 0. The van der Waals surface area contributed by atoms with E-state index in [1.165, 1.54) is 4.90 Å². The van der Waals surface area contributed by atoms with Gasteiger partial charge >= 0.3 is 0 Å². The number of carbonyl (C=O) groups is 2. The second-order valence-corrected chi connectivity index (χ2v) is 7.25. The Morgan fingerprint density at radius 2 is 1.72 bits per heavy atom. The van der Waals surface area contributed by atoms with Crippen molar-refractivity contribution in [2.75, 3.05) is 14.2 Å². The fourth-order valence-corrected chi connectivity index (χ4v) is 3.77. The smallest absolute Gasteiger partial charge is 0.296 e. The predicted molar refractivity (Wildman–Crippen MR) is 118 cm³/mol. The van der Waals surface area contributed by atoms with Crippen molar-refractivity contribution in [2.24, 2.45) is 0 Å². The molecule has 0 aliphatic carbocycles. The minimum absolute atomic E-state index is 0.0179. The molecule has 7 nitrogen and oxygen atoms in total. The van der Waals surface area contributed by atoms with Crippen LogP contribution in [0.5, 0.6) is 11.5 Å². The molecule has 162 valence electrons. The van der Waals surface area contributed by atoms with Crippen LogP contribution < -0.4 is 9.47 Å².